The molecule has 3 nitrogen and oxygen atoms in total. The number of rotatable bonds is 6. The van der Waals surface area contributed by atoms with Gasteiger partial charge in [-0.15, -0.1) is 11.8 Å². The van der Waals surface area contributed by atoms with Crippen LogP contribution in [0.5, 0.6) is 0 Å². The predicted molar refractivity (Wildman–Crippen MR) is 84.8 cm³/mol. The van der Waals surface area contributed by atoms with Crippen molar-refractivity contribution in [3.63, 3.8) is 0 Å². The molecule has 1 aromatic heterocycles. The summed E-state index contributed by atoms with van der Waals surface area (Å²) in [6.45, 7) is 5.51. The highest BCUT2D eigenvalue weighted by Gasteiger charge is 2.20. The smallest absolute Gasteiger partial charge is 0.138 e. The van der Waals surface area contributed by atoms with Gasteiger partial charge in [-0.3, -0.25) is 4.90 Å². The summed E-state index contributed by atoms with van der Waals surface area (Å²) >= 11 is 3.21. The maximum absolute atomic E-state index is 4.51. The second kappa shape index (κ2) is 7.41. The highest BCUT2D eigenvalue weighted by atomic mass is 32.2. The first-order valence-electron chi connectivity index (χ1n) is 7.07. The van der Waals surface area contributed by atoms with Crippen LogP contribution in [0.3, 0.4) is 0 Å². The molecule has 106 valence electrons. The monoisotopic (exact) mass is 297 g/mol. The molecule has 0 aliphatic carbocycles. The largest absolute Gasteiger partial charge is 0.299 e. The second-order valence-corrected chi connectivity index (χ2v) is 6.81. The molecule has 0 saturated carbocycles. The van der Waals surface area contributed by atoms with Crippen molar-refractivity contribution >= 4 is 29.1 Å². The Kier molecular flexibility index (Phi) is 5.85. The topological polar surface area (TPSA) is 29.0 Å². The highest BCUT2D eigenvalue weighted by Crippen LogP contribution is 2.30. The summed E-state index contributed by atoms with van der Waals surface area (Å²) < 4.78 is 8.98. The van der Waals surface area contributed by atoms with Crippen molar-refractivity contribution in [3.05, 3.63) is 11.8 Å². The molecular weight excluding hydrogens is 274 g/mol. The Morgan fingerprint density at radius 1 is 1.42 bits per heavy atom. The maximum atomic E-state index is 4.51. The van der Waals surface area contributed by atoms with Gasteiger partial charge in [0.2, 0.25) is 0 Å². The first-order valence-corrected chi connectivity index (χ1v) is 8.79. The normalized spacial score (nSPS) is 20.6. The average molecular weight is 297 g/mol. The molecule has 1 atom stereocenters. The van der Waals surface area contributed by atoms with E-state index in [0.717, 1.165) is 29.4 Å². The van der Waals surface area contributed by atoms with Crippen LogP contribution in [-0.2, 0) is 0 Å². The van der Waals surface area contributed by atoms with Gasteiger partial charge in [-0.05, 0) is 38.1 Å². The number of hydrogen-bond donors (Lipinski definition) is 0. The Labute approximate surface area is 124 Å². The molecule has 0 amide bonds. The van der Waals surface area contributed by atoms with Gasteiger partial charge in [0.15, 0.2) is 0 Å². The number of likely N-dealkylation sites (N-methyl/N-ethyl adjacent to an activating group) is 1. The Balaban J connectivity index is 1.99. The maximum Gasteiger partial charge on any atom is 0.138 e. The zero-order chi connectivity index (χ0) is 13.7. The first-order chi connectivity index (χ1) is 9.22. The molecule has 1 aliphatic rings. The molecule has 1 aromatic rings. The number of hydrogen-bond acceptors (Lipinski definition) is 5. The quantitative estimate of drug-likeness (QED) is 0.588. The van der Waals surface area contributed by atoms with E-state index in [0.29, 0.717) is 6.04 Å². The second-order valence-electron chi connectivity index (χ2n) is 5.20. The van der Waals surface area contributed by atoms with Crippen LogP contribution in [0.1, 0.15) is 45.2 Å². The minimum Gasteiger partial charge on any atom is -0.299 e. The number of aromatic nitrogens is 2. The van der Waals surface area contributed by atoms with E-state index in [1.165, 1.54) is 36.6 Å². The summed E-state index contributed by atoms with van der Waals surface area (Å²) in [6.07, 6.45) is 7.31. The molecule has 0 saturated heterocycles. The van der Waals surface area contributed by atoms with Crippen molar-refractivity contribution in [2.45, 2.75) is 50.6 Å². The van der Waals surface area contributed by atoms with Gasteiger partial charge in [0, 0.05) is 12.6 Å². The first kappa shape index (κ1) is 15.0. The molecule has 19 heavy (non-hydrogen) atoms. The number of nitrogens with zero attached hydrogens (tertiary/aromatic N) is 3. The van der Waals surface area contributed by atoms with Gasteiger partial charge in [0.25, 0.3) is 0 Å². The minimum atomic E-state index is 0.635. The molecule has 0 fully saturated rings. The lowest BCUT2D eigenvalue weighted by Crippen LogP contribution is -2.33. The van der Waals surface area contributed by atoms with Crippen LogP contribution in [0, 0.1) is 0 Å². The lowest BCUT2D eigenvalue weighted by Gasteiger charge is -2.29. The molecular formula is C14H23N3S2. The van der Waals surface area contributed by atoms with Crippen LogP contribution >= 0.6 is 23.5 Å². The fourth-order valence-corrected chi connectivity index (χ4v) is 3.86. The summed E-state index contributed by atoms with van der Waals surface area (Å²) in [5.74, 6) is 1.16. The molecule has 0 spiro atoms. The Bertz CT molecular complexity index is 428. The molecule has 0 aromatic carbocycles. The van der Waals surface area contributed by atoms with E-state index >= 15 is 0 Å². The van der Waals surface area contributed by atoms with Crippen molar-refractivity contribution in [1.82, 2.24) is 13.6 Å². The molecule has 2 heterocycles. The van der Waals surface area contributed by atoms with E-state index in [-0.39, 0.29) is 0 Å². The van der Waals surface area contributed by atoms with Crippen LogP contribution in [0.2, 0.25) is 0 Å². The third-order valence-electron chi connectivity index (χ3n) is 3.63. The summed E-state index contributed by atoms with van der Waals surface area (Å²) in [6, 6.07) is 0.635. The number of unbranched alkanes of at least 4 members (excludes halogenated alkanes) is 2. The molecule has 5 heteroatoms. The van der Waals surface area contributed by atoms with E-state index in [4.69, 9.17) is 0 Å². The van der Waals surface area contributed by atoms with Gasteiger partial charge >= 0.3 is 0 Å². The van der Waals surface area contributed by atoms with Crippen LogP contribution in [0.4, 0.5) is 0 Å². The predicted octanol–water partition coefficient (Wildman–Crippen LogP) is 3.93. The van der Waals surface area contributed by atoms with Crippen LogP contribution in [0.25, 0.3) is 5.57 Å². The van der Waals surface area contributed by atoms with Crippen LogP contribution in [-0.4, -0.2) is 39.0 Å². The fourth-order valence-electron chi connectivity index (χ4n) is 2.15. The van der Waals surface area contributed by atoms with Gasteiger partial charge in [-0.25, -0.2) is 0 Å². The summed E-state index contributed by atoms with van der Waals surface area (Å²) in [5.41, 5.74) is 2.48. The molecule has 0 radical (unpaired) electrons. The molecule has 1 unspecified atom stereocenters. The van der Waals surface area contributed by atoms with Crippen molar-refractivity contribution in [3.8, 4) is 0 Å². The third-order valence-corrected chi connectivity index (χ3v) is 5.32. The zero-order valence-electron chi connectivity index (χ0n) is 12.1. The van der Waals surface area contributed by atoms with E-state index in [1.807, 2.05) is 11.8 Å². The summed E-state index contributed by atoms with van der Waals surface area (Å²) in [7, 11) is 2.19. The molecule has 0 bridgehead atoms. The van der Waals surface area contributed by atoms with Crippen molar-refractivity contribution < 1.29 is 0 Å². The van der Waals surface area contributed by atoms with E-state index < -0.39 is 0 Å². The summed E-state index contributed by atoms with van der Waals surface area (Å²) in [4.78, 5) is 2.39. The highest BCUT2D eigenvalue weighted by molar-refractivity contribution is 7.99. The molecule has 0 N–H and O–H groups in total. The van der Waals surface area contributed by atoms with Crippen molar-refractivity contribution in [1.29, 1.82) is 0 Å². The van der Waals surface area contributed by atoms with Gasteiger partial charge in [0.05, 0.1) is 11.7 Å². The minimum absolute atomic E-state index is 0.635. The lowest BCUT2D eigenvalue weighted by molar-refractivity contribution is 0.280. The Morgan fingerprint density at radius 3 is 3.00 bits per heavy atom. The SMILES string of the molecule is CCCCCSc1nsnc1C1=CCC(C)N(C)C1. The molecule has 1 aliphatic heterocycles. The van der Waals surface area contributed by atoms with Crippen molar-refractivity contribution in [2.75, 3.05) is 19.3 Å². The Morgan fingerprint density at radius 2 is 2.26 bits per heavy atom. The standard InChI is InChI=1S/C14H23N3S2/c1-4-5-6-9-18-14-13(15-19-16-14)12-8-7-11(2)17(3)10-12/h8,11H,4-7,9-10H2,1-3H3. The van der Waals surface area contributed by atoms with Crippen LogP contribution in [0.15, 0.2) is 11.1 Å². The van der Waals surface area contributed by atoms with Gasteiger partial charge < -0.3 is 0 Å². The Hall–Kier alpha value is -0.390. The van der Waals surface area contributed by atoms with E-state index in [9.17, 15) is 0 Å². The van der Waals surface area contributed by atoms with Crippen LogP contribution < -0.4 is 0 Å². The van der Waals surface area contributed by atoms with Gasteiger partial charge in [-0.2, -0.15) is 8.75 Å². The van der Waals surface area contributed by atoms with E-state index in [2.05, 4.69) is 40.6 Å². The fraction of sp³-hybridized carbons (Fsp3) is 0.714. The summed E-state index contributed by atoms with van der Waals surface area (Å²) in [5, 5.41) is 1.13. The van der Waals surface area contributed by atoms with Gasteiger partial charge in [-0.1, -0.05) is 25.8 Å². The third kappa shape index (κ3) is 4.04. The molecule has 2 rings (SSSR count). The number of thioether (sulfide) groups is 1. The van der Waals surface area contributed by atoms with E-state index in [1.54, 1.807) is 0 Å². The lowest BCUT2D eigenvalue weighted by atomic mass is 10.0. The average Bonchev–Trinajstić information content (AvgIpc) is 2.86. The van der Waals surface area contributed by atoms with Gasteiger partial charge in [0.1, 0.15) is 10.7 Å². The van der Waals surface area contributed by atoms with Crippen molar-refractivity contribution in [2.24, 2.45) is 0 Å². The zero-order valence-corrected chi connectivity index (χ0v) is 13.7.